The Hall–Kier alpha value is -3.75. The molecule has 3 aromatic carbocycles. The van der Waals surface area contributed by atoms with Gasteiger partial charge >= 0.3 is 0 Å². The van der Waals surface area contributed by atoms with Crippen molar-refractivity contribution in [3.05, 3.63) is 93.3 Å². The first-order valence-electron chi connectivity index (χ1n) is 11.6. The summed E-state index contributed by atoms with van der Waals surface area (Å²) in [5, 5.41) is 3.02. The molecule has 0 saturated carbocycles. The molecule has 4 rings (SSSR count). The molecule has 1 heterocycles. The fourth-order valence-electron chi connectivity index (χ4n) is 3.65. The van der Waals surface area contributed by atoms with Crippen LogP contribution in [0.5, 0.6) is 11.5 Å². The standard InChI is InChI=1S/C28H25ClN2O5S/c1-3-35-24-14-19(11-12-23(24)36-17-26(32)30-22-10-5-4-7-18(22)2)15-25-27(33)31(28(34)37-25)16-20-8-6-9-21(29)13-20/h4-15H,3,16-17H2,1-2H3,(H,30,32)/b25-15-. The summed E-state index contributed by atoms with van der Waals surface area (Å²) in [7, 11) is 0. The van der Waals surface area contributed by atoms with Crippen LogP contribution in [0.3, 0.4) is 0 Å². The SMILES string of the molecule is CCOc1cc(/C=C2\SC(=O)N(Cc3cccc(Cl)c3)C2=O)ccc1OCC(=O)Nc1ccccc1C. The van der Waals surface area contributed by atoms with Gasteiger partial charge in [0.1, 0.15) is 0 Å². The molecule has 7 nitrogen and oxygen atoms in total. The van der Waals surface area contributed by atoms with E-state index in [0.717, 1.165) is 28.6 Å². The molecule has 1 aliphatic heterocycles. The zero-order chi connectivity index (χ0) is 26.4. The van der Waals surface area contributed by atoms with Crippen molar-refractivity contribution in [2.75, 3.05) is 18.5 Å². The van der Waals surface area contributed by atoms with Gasteiger partial charge in [-0.2, -0.15) is 0 Å². The van der Waals surface area contributed by atoms with E-state index in [-0.39, 0.29) is 30.2 Å². The normalized spacial score (nSPS) is 14.2. The van der Waals surface area contributed by atoms with E-state index in [1.54, 1.807) is 42.5 Å². The van der Waals surface area contributed by atoms with Crippen molar-refractivity contribution in [2.45, 2.75) is 20.4 Å². The number of aryl methyl sites for hydroxylation is 1. The number of amides is 3. The summed E-state index contributed by atoms with van der Waals surface area (Å²) in [6, 6.07) is 19.7. The molecular formula is C28H25ClN2O5S. The van der Waals surface area contributed by atoms with Crippen LogP contribution >= 0.6 is 23.4 Å². The van der Waals surface area contributed by atoms with Gasteiger partial charge in [0.15, 0.2) is 18.1 Å². The van der Waals surface area contributed by atoms with Gasteiger partial charge in [0.05, 0.1) is 18.1 Å². The molecule has 3 amide bonds. The van der Waals surface area contributed by atoms with Gasteiger partial charge in [-0.3, -0.25) is 19.3 Å². The largest absolute Gasteiger partial charge is 0.490 e. The lowest BCUT2D eigenvalue weighted by Crippen LogP contribution is -2.27. The Morgan fingerprint density at radius 2 is 1.84 bits per heavy atom. The number of halogens is 1. The first-order valence-corrected chi connectivity index (χ1v) is 12.8. The number of para-hydroxylation sites is 1. The molecule has 0 unspecified atom stereocenters. The Balaban J connectivity index is 1.45. The number of benzene rings is 3. The average molecular weight is 537 g/mol. The van der Waals surface area contributed by atoms with Crippen molar-refractivity contribution in [3.8, 4) is 11.5 Å². The number of nitrogens with one attached hydrogen (secondary N) is 1. The molecule has 1 fully saturated rings. The van der Waals surface area contributed by atoms with Crippen molar-refractivity contribution in [1.29, 1.82) is 0 Å². The summed E-state index contributed by atoms with van der Waals surface area (Å²) in [6.45, 7) is 4.07. The maximum atomic E-state index is 12.9. The quantitative estimate of drug-likeness (QED) is 0.323. The minimum Gasteiger partial charge on any atom is -0.490 e. The number of thioether (sulfide) groups is 1. The van der Waals surface area contributed by atoms with E-state index in [1.165, 1.54) is 4.90 Å². The van der Waals surface area contributed by atoms with Crippen LogP contribution in [0.4, 0.5) is 10.5 Å². The molecule has 0 aromatic heterocycles. The van der Waals surface area contributed by atoms with Crippen LogP contribution in [-0.4, -0.2) is 35.2 Å². The Morgan fingerprint density at radius 3 is 2.59 bits per heavy atom. The van der Waals surface area contributed by atoms with Gasteiger partial charge in [-0.15, -0.1) is 0 Å². The Kier molecular flexibility index (Phi) is 8.53. The highest BCUT2D eigenvalue weighted by Crippen LogP contribution is 2.35. The second kappa shape index (κ2) is 12.0. The molecule has 3 aromatic rings. The van der Waals surface area contributed by atoms with Crippen LogP contribution in [0.1, 0.15) is 23.6 Å². The molecule has 0 atom stereocenters. The minimum atomic E-state index is -0.374. The van der Waals surface area contributed by atoms with Gasteiger partial charge in [-0.1, -0.05) is 48.0 Å². The van der Waals surface area contributed by atoms with Gasteiger partial charge in [0, 0.05) is 10.7 Å². The summed E-state index contributed by atoms with van der Waals surface area (Å²) in [4.78, 5) is 39.3. The molecule has 1 N–H and O–H groups in total. The molecule has 37 heavy (non-hydrogen) atoms. The topological polar surface area (TPSA) is 84.9 Å². The predicted octanol–water partition coefficient (Wildman–Crippen LogP) is 6.30. The van der Waals surface area contributed by atoms with Gasteiger partial charge in [-0.25, -0.2) is 0 Å². The van der Waals surface area contributed by atoms with Gasteiger partial charge < -0.3 is 14.8 Å². The number of nitrogens with zero attached hydrogens (tertiary/aromatic N) is 1. The smallest absolute Gasteiger partial charge is 0.293 e. The molecule has 9 heteroatoms. The van der Waals surface area contributed by atoms with Gasteiger partial charge in [0.25, 0.3) is 17.1 Å². The van der Waals surface area contributed by atoms with E-state index in [4.69, 9.17) is 21.1 Å². The van der Waals surface area contributed by atoms with Crippen molar-refractivity contribution in [1.82, 2.24) is 4.90 Å². The molecule has 1 saturated heterocycles. The molecule has 0 spiro atoms. The Bertz CT molecular complexity index is 1370. The van der Waals surface area contributed by atoms with Crippen LogP contribution in [0.15, 0.2) is 71.6 Å². The fraction of sp³-hybridized carbons (Fsp3) is 0.179. The molecule has 190 valence electrons. The fourth-order valence-corrected chi connectivity index (χ4v) is 4.70. The first-order chi connectivity index (χ1) is 17.8. The highest BCUT2D eigenvalue weighted by atomic mass is 35.5. The molecule has 0 aliphatic carbocycles. The monoisotopic (exact) mass is 536 g/mol. The number of anilines is 1. The Morgan fingerprint density at radius 1 is 1.03 bits per heavy atom. The zero-order valence-corrected chi connectivity index (χ0v) is 21.9. The maximum Gasteiger partial charge on any atom is 0.293 e. The number of ether oxygens (including phenoxy) is 2. The third-order valence-corrected chi connectivity index (χ3v) is 6.59. The highest BCUT2D eigenvalue weighted by Gasteiger charge is 2.35. The van der Waals surface area contributed by atoms with Crippen molar-refractivity contribution >= 4 is 52.2 Å². The number of carbonyl (C=O) groups excluding carboxylic acids is 3. The first kappa shape index (κ1) is 26.3. The van der Waals surface area contributed by atoms with E-state index in [0.29, 0.717) is 33.6 Å². The number of hydrogen-bond donors (Lipinski definition) is 1. The highest BCUT2D eigenvalue weighted by molar-refractivity contribution is 8.18. The lowest BCUT2D eigenvalue weighted by Gasteiger charge is -2.13. The van der Waals surface area contributed by atoms with Crippen LogP contribution in [0.2, 0.25) is 5.02 Å². The number of rotatable bonds is 9. The summed E-state index contributed by atoms with van der Waals surface area (Å²) >= 11 is 6.91. The lowest BCUT2D eigenvalue weighted by molar-refractivity contribution is -0.123. The molecule has 0 bridgehead atoms. The molecular weight excluding hydrogens is 512 g/mol. The van der Waals surface area contributed by atoms with E-state index in [9.17, 15) is 14.4 Å². The Labute approximate surface area is 224 Å². The number of imide groups is 1. The van der Waals surface area contributed by atoms with Gasteiger partial charge in [0.2, 0.25) is 0 Å². The zero-order valence-electron chi connectivity index (χ0n) is 20.3. The van der Waals surface area contributed by atoms with Crippen molar-refractivity contribution in [2.24, 2.45) is 0 Å². The minimum absolute atomic E-state index is 0.143. The summed E-state index contributed by atoms with van der Waals surface area (Å²) in [5.41, 5.74) is 3.10. The summed E-state index contributed by atoms with van der Waals surface area (Å²) < 4.78 is 11.4. The third-order valence-electron chi connectivity index (χ3n) is 5.45. The van der Waals surface area contributed by atoms with Crippen LogP contribution in [-0.2, 0) is 16.1 Å². The second-order valence-corrected chi connectivity index (χ2v) is 9.62. The number of hydrogen-bond acceptors (Lipinski definition) is 6. The predicted molar refractivity (Wildman–Crippen MR) is 146 cm³/mol. The van der Waals surface area contributed by atoms with E-state index >= 15 is 0 Å². The summed E-state index contributed by atoms with van der Waals surface area (Å²) in [6.07, 6.45) is 1.64. The van der Waals surface area contributed by atoms with E-state index in [2.05, 4.69) is 5.32 Å². The average Bonchev–Trinajstić information content (AvgIpc) is 3.12. The maximum absolute atomic E-state index is 12.9. The number of carbonyl (C=O) groups is 3. The van der Waals surface area contributed by atoms with Crippen molar-refractivity contribution in [3.63, 3.8) is 0 Å². The molecule has 1 aliphatic rings. The van der Waals surface area contributed by atoms with Crippen LogP contribution in [0, 0.1) is 6.92 Å². The molecule has 0 radical (unpaired) electrons. The van der Waals surface area contributed by atoms with Gasteiger partial charge in [-0.05, 0) is 78.7 Å². The van der Waals surface area contributed by atoms with E-state index in [1.807, 2.05) is 44.2 Å². The third kappa shape index (κ3) is 6.72. The van der Waals surface area contributed by atoms with E-state index < -0.39 is 0 Å². The van der Waals surface area contributed by atoms with Crippen LogP contribution < -0.4 is 14.8 Å². The van der Waals surface area contributed by atoms with Crippen molar-refractivity contribution < 1.29 is 23.9 Å². The van der Waals surface area contributed by atoms with Crippen LogP contribution in [0.25, 0.3) is 6.08 Å². The second-order valence-electron chi connectivity index (χ2n) is 8.19. The summed E-state index contributed by atoms with van der Waals surface area (Å²) in [5.74, 6) is 0.154. The lowest BCUT2D eigenvalue weighted by atomic mass is 10.1.